The van der Waals surface area contributed by atoms with E-state index in [1.54, 1.807) is 25.1 Å². The van der Waals surface area contributed by atoms with Crippen LogP contribution in [0, 0.1) is 23.2 Å². The Morgan fingerprint density at radius 1 is 1.50 bits per heavy atom. The van der Waals surface area contributed by atoms with Crippen molar-refractivity contribution in [2.75, 3.05) is 6.61 Å². The topological polar surface area (TPSA) is 90.2 Å². The third kappa shape index (κ3) is 4.95. The number of nitrogens with one attached hydrogen (secondary N) is 1. The molecule has 1 aromatic rings. The zero-order chi connectivity index (χ0) is 15.0. The van der Waals surface area contributed by atoms with E-state index in [0.717, 1.165) is 9.75 Å². The number of hydrogen-bond acceptors (Lipinski definition) is 5. The van der Waals surface area contributed by atoms with E-state index >= 15 is 0 Å². The normalized spacial score (nSPS) is 12.2. The van der Waals surface area contributed by atoms with Gasteiger partial charge >= 0.3 is 0 Å². The van der Waals surface area contributed by atoms with Crippen LogP contribution in [-0.2, 0) is 16.6 Å². The Hall–Kier alpha value is -1.38. The molecule has 1 aromatic heterocycles. The highest BCUT2D eigenvalue weighted by Crippen LogP contribution is 2.16. The number of rotatable bonds is 6. The van der Waals surface area contributed by atoms with Gasteiger partial charge in [-0.25, -0.2) is 13.1 Å². The van der Waals surface area contributed by atoms with Gasteiger partial charge in [-0.3, -0.25) is 0 Å². The van der Waals surface area contributed by atoms with Gasteiger partial charge in [-0.15, -0.1) is 11.3 Å². The van der Waals surface area contributed by atoms with Gasteiger partial charge in [-0.05, 0) is 18.6 Å². The molecular weight excluding hydrogens is 296 g/mol. The molecule has 0 saturated heterocycles. The maximum atomic E-state index is 11.8. The lowest BCUT2D eigenvalue weighted by atomic mass is 10.4. The van der Waals surface area contributed by atoms with E-state index in [-0.39, 0.29) is 19.6 Å². The number of aliphatic hydroxyl groups excluding tert-OH is 1. The average molecular weight is 312 g/mol. The summed E-state index contributed by atoms with van der Waals surface area (Å²) in [5, 5.41) is 16.4. The van der Waals surface area contributed by atoms with Crippen LogP contribution in [-0.4, -0.2) is 25.4 Å². The van der Waals surface area contributed by atoms with Crippen LogP contribution in [0.1, 0.15) is 29.5 Å². The molecule has 0 saturated carbocycles. The Kier molecular flexibility index (Phi) is 6.69. The van der Waals surface area contributed by atoms with Crippen LogP contribution < -0.4 is 4.72 Å². The lowest BCUT2D eigenvalue weighted by molar-refractivity contribution is 0.305. The summed E-state index contributed by atoms with van der Waals surface area (Å²) in [6, 6.07) is 5.38. The van der Waals surface area contributed by atoms with Crippen molar-refractivity contribution in [1.82, 2.24) is 4.72 Å². The summed E-state index contributed by atoms with van der Waals surface area (Å²) in [4.78, 5) is 1.65. The highest BCUT2D eigenvalue weighted by molar-refractivity contribution is 7.90. The summed E-state index contributed by atoms with van der Waals surface area (Å²) in [5.74, 6) is 5.69. The molecule has 0 spiro atoms. The molecule has 5 nitrogen and oxygen atoms in total. The van der Waals surface area contributed by atoms with Crippen molar-refractivity contribution in [3.63, 3.8) is 0 Å². The van der Waals surface area contributed by atoms with E-state index < -0.39 is 15.3 Å². The third-order valence-electron chi connectivity index (χ3n) is 2.45. The summed E-state index contributed by atoms with van der Waals surface area (Å²) >= 11 is 1.39. The van der Waals surface area contributed by atoms with Crippen molar-refractivity contribution in [3.8, 4) is 17.9 Å². The number of sulfonamides is 1. The Labute approximate surface area is 123 Å². The predicted octanol–water partition coefficient (Wildman–Crippen LogP) is 1.20. The van der Waals surface area contributed by atoms with E-state index in [4.69, 9.17) is 10.4 Å². The fourth-order valence-corrected chi connectivity index (χ4v) is 3.45. The fraction of sp³-hybridized carbons (Fsp3) is 0.462. The summed E-state index contributed by atoms with van der Waals surface area (Å²) in [6.07, 6.45) is 0.675. The lowest BCUT2D eigenvalue weighted by Gasteiger charge is -2.08. The third-order valence-corrected chi connectivity index (χ3v) is 5.18. The Morgan fingerprint density at radius 2 is 2.25 bits per heavy atom. The number of hydrogen-bond donors (Lipinski definition) is 2. The van der Waals surface area contributed by atoms with E-state index in [1.165, 1.54) is 11.3 Å². The van der Waals surface area contributed by atoms with Gasteiger partial charge in [0.05, 0.1) is 17.6 Å². The number of nitriles is 1. The fourth-order valence-electron chi connectivity index (χ4n) is 1.40. The molecule has 0 aliphatic heterocycles. The van der Waals surface area contributed by atoms with Gasteiger partial charge in [0.15, 0.2) is 5.25 Å². The maximum absolute atomic E-state index is 11.8. The van der Waals surface area contributed by atoms with Crippen molar-refractivity contribution in [1.29, 1.82) is 5.26 Å². The molecule has 1 rings (SSSR count). The molecular formula is C13H16N2O3S2. The number of nitrogens with zero attached hydrogens (tertiary/aromatic N) is 1. The molecule has 108 valence electrons. The molecule has 0 fully saturated rings. The molecule has 1 unspecified atom stereocenters. The quantitative estimate of drug-likeness (QED) is 0.772. The van der Waals surface area contributed by atoms with Gasteiger partial charge in [0, 0.05) is 17.8 Å². The summed E-state index contributed by atoms with van der Waals surface area (Å²) < 4.78 is 26.0. The summed E-state index contributed by atoms with van der Waals surface area (Å²) in [6.45, 7) is 1.84. The first kappa shape index (κ1) is 16.7. The zero-order valence-electron chi connectivity index (χ0n) is 11.1. The van der Waals surface area contributed by atoms with E-state index in [1.807, 2.05) is 0 Å². The second-order valence-corrected chi connectivity index (χ2v) is 7.05. The Bertz CT molecular complexity index is 633. The van der Waals surface area contributed by atoms with Crippen LogP contribution >= 0.6 is 11.3 Å². The van der Waals surface area contributed by atoms with Gasteiger partial charge in [-0.1, -0.05) is 18.8 Å². The van der Waals surface area contributed by atoms with Crippen molar-refractivity contribution in [2.24, 2.45) is 0 Å². The number of aliphatic hydroxyl groups is 1. The van der Waals surface area contributed by atoms with Gasteiger partial charge < -0.3 is 5.11 Å². The highest BCUT2D eigenvalue weighted by atomic mass is 32.2. The van der Waals surface area contributed by atoms with Crippen LogP contribution in [0.25, 0.3) is 0 Å². The van der Waals surface area contributed by atoms with Crippen molar-refractivity contribution >= 4 is 21.4 Å². The minimum absolute atomic E-state index is 0.0254. The van der Waals surface area contributed by atoms with Gasteiger partial charge in [0.2, 0.25) is 10.0 Å². The van der Waals surface area contributed by atoms with Crippen molar-refractivity contribution in [3.05, 3.63) is 21.9 Å². The monoisotopic (exact) mass is 312 g/mol. The maximum Gasteiger partial charge on any atom is 0.228 e. The van der Waals surface area contributed by atoms with Gasteiger partial charge in [-0.2, -0.15) is 5.26 Å². The first-order chi connectivity index (χ1) is 9.53. The average Bonchev–Trinajstić information content (AvgIpc) is 2.86. The highest BCUT2D eigenvalue weighted by Gasteiger charge is 2.22. The molecule has 0 bridgehead atoms. The number of thiophene rings is 1. The Morgan fingerprint density at radius 3 is 2.85 bits per heavy atom. The molecule has 1 heterocycles. The Balaban J connectivity index is 2.64. The smallest absolute Gasteiger partial charge is 0.228 e. The molecule has 7 heteroatoms. The van der Waals surface area contributed by atoms with Gasteiger partial charge in [0.1, 0.15) is 0 Å². The van der Waals surface area contributed by atoms with Crippen molar-refractivity contribution < 1.29 is 13.5 Å². The molecule has 1 atom stereocenters. The van der Waals surface area contributed by atoms with E-state index in [0.29, 0.717) is 6.42 Å². The van der Waals surface area contributed by atoms with Crippen LogP contribution in [0.5, 0.6) is 0 Å². The van der Waals surface area contributed by atoms with Gasteiger partial charge in [0.25, 0.3) is 0 Å². The second kappa shape index (κ2) is 8.03. The van der Waals surface area contributed by atoms with E-state index in [2.05, 4.69) is 16.6 Å². The van der Waals surface area contributed by atoms with Crippen LogP contribution in [0.2, 0.25) is 0 Å². The first-order valence-electron chi connectivity index (χ1n) is 6.10. The van der Waals surface area contributed by atoms with E-state index in [9.17, 15) is 8.42 Å². The molecule has 0 aromatic carbocycles. The molecule has 0 amide bonds. The largest absolute Gasteiger partial charge is 0.395 e. The second-order valence-electron chi connectivity index (χ2n) is 3.93. The zero-order valence-corrected chi connectivity index (χ0v) is 12.7. The van der Waals surface area contributed by atoms with Crippen molar-refractivity contribution in [2.45, 2.75) is 31.6 Å². The van der Waals surface area contributed by atoms with Crippen LogP contribution in [0.15, 0.2) is 12.1 Å². The summed E-state index contributed by atoms with van der Waals surface area (Å²) in [5.41, 5.74) is 0. The summed E-state index contributed by atoms with van der Waals surface area (Å²) in [7, 11) is -3.61. The standard InChI is InChI=1S/C13H16N2O3S2/c1-2-13(9-14)20(17,18)15-10-12-7-6-11(19-12)5-3-4-8-16/h6-7,13,15-16H,2,4,8,10H2,1H3. The van der Waals surface area contributed by atoms with Crippen LogP contribution in [0.4, 0.5) is 0 Å². The predicted molar refractivity (Wildman–Crippen MR) is 78.4 cm³/mol. The SMILES string of the molecule is CCC(C#N)S(=O)(=O)NCc1ccc(C#CCCO)s1. The molecule has 0 aliphatic rings. The minimum atomic E-state index is -3.61. The minimum Gasteiger partial charge on any atom is -0.395 e. The first-order valence-corrected chi connectivity index (χ1v) is 8.46. The molecule has 2 N–H and O–H groups in total. The molecule has 0 aliphatic carbocycles. The molecule has 0 radical (unpaired) electrons. The lowest BCUT2D eigenvalue weighted by Crippen LogP contribution is -2.32. The molecule has 20 heavy (non-hydrogen) atoms. The van der Waals surface area contributed by atoms with Crippen LogP contribution in [0.3, 0.4) is 0 Å².